The summed E-state index contributed by atoms with van der Waals surface area (Å²) in [6.07, 6.45) is 6.64. The minimum absolute atomic E-state index is 0.468. The SMILES string of the molecule is CC1CCCC(C)N1C(C=O)=Cc1cccs1. The normalized spacial score (nSPS) is 26.0. The Morgan fingerprint density at radius 2 is 2.12 bits per heavy atom. The molecule has 0 N–H and O–H groups in total. The van der Waals surface area contributed by atoms with Crippen LogP contribution in [0.25, 0.3) is 6.08 Å². The summed E-state index contributed by atoms with van der Waals surface area (Å²) >= 11 is 1.67. The number of hydrogen-bond donors (Lipinski definition) is 0. The average molecular weight is 249 g/mol. The van der Waals surface area contributed by atoms with E-state index in [2.05, 4.69) is 18.7 Å². The third-order valence-electron chi connectivity index (χ3n) is 3.45. The molecule has 1 saturated heterocycles. The van der Waals surface area contributed by atoms with Gasteiger partial charge in [-0.3, -0.25) is 4.79 Å². The van der Waals surface area contributed by atoms with Crippen LogP contribution in [0.5, 0.6) is 0 Å². The second-order valence-corrected chi connectivity index (χ2v) is 5.72. The van der Waals surface area contributed by atoms with Crippen LogP contribution < -0.4 is 0 Å². The second-order valence-electron chi connectivity index (χ2n) is 4.74. The van der Waals surface area contributed by atoms with Crippen molar-refractivity contribution >= 4 is 23.7 Å². The molecule has 1 aliphatic heterocycles. The maximum absolute atomic E-state index is 11.3. The first kappa shape index (κ1) is 12.4. The minimum atomic E-state index is 0.468. The van der Waals surface area contributed by atoms with Crippen molar-refractivity contribution in [2.75, 3.05) is 0 Å². The smallest absolute Gasteiger partial charge is 0.166 e. The number of allylic oxidation sites excluding steroid dienone is 1. The van der Waals surface area contributed by atoms with E-state index in [1.54, 1.807) is 11.3 Å². The van der Waals surface area contributed by atoms with Gasteiger partial charge < -0.3 is 4.90 Å². The minimum Gasteiger partial charge on any atom is -0.363 e. The molecule has 0 aromatic carbocycles. The van der Waals surface area contributed by atoms with Crippen LogP contribution in [0.4, 0.5) is 0 Å². The molecule has 0 saturated carbocycles. The predicted molar refractivity (Wildman–Crippen MR) is 73.0 cm³/mol. The molecule has 2 heterocycles. The van der Waals surface area contributed by atoms with Crippen LogP contribution in [0.3, 0.4) is 0 Å². The number of aldehydes is 1. The Kier molecular flexibility index (Phi) is 4.00. The number of carbonyl (C=O) groups is 1. The molecule has 1 aromatic heterocycles. The van der Waals surface area contributed by atoms with E-state index in [0.717, 1.165) is 16.9 Å². The maximum atomic E-state index is 11.3. The summed E-state index contributed by atoms with van der Waals surface area (Å²) in [5.74, 6) is 0. The van der Waals surface area contributed by atoms with Crippen molar-refractivity contribution in [1.82, 2.24) is 4.90 Å². The van der Waals surface area contributed by atoms with Crippen molar-refractivity contribution < 1.29 is 4.79 Å². The maximum Gasteiger partial charge on any atom is 0.166 e. The molecule has 1 fully saturated rings. The van der Waals surface area contributed by atoms with Crippen LogP contribution in [0.1, 0.15) is 38.0 Å². The molecule has 2 unspecified atom stereocenters. The van der Waals surface area contributed by atoms with E-state index in [1.165, 1.54) is 19.3 Å². The molecule has 2 nitrogen and oxygen atoms in total. The number of carbonyl (C=O) groups excluding carboxylic acids is 1. The molecular weight excluding hydrogens is 230 g/mol. The zero-order valence-electron chi connectivity index (χ0n) is 10.4. The topological polar surface area (TPSA) is 20.3 Å². The predicted octanol–water partition coefficient (Wildman–Crippen LogP) is 3.55. The standard InChI is InChI=1S/C14H19NOS/c1-11-5-3-6-12(2)15(11)13(10-16)9-14-7-4-8-17-14/h4,7-12H,3,5-6H2,1-2H3. The number of nitrogens with zero attached hydrogens (tertiary/aromatic N) is 1. The molecule has 0 radical (unpaired) electrons. The average Bonchev–Trinajstić information content (AvgIpc) is 2.80. The Balaban J connectivity index is 2.25. The summed E-state index contributed by atoms with van der Waals surface area (Å²) in [4.78, 5) is 14.7. The highest BCUT2D eigenvalue weighted by Crippen LogP contribution is 2.27. The van der Waals surface area contributed by atoms with E-state index in [0.29, 0.717) is 12.1 Å². The van der Waals surface area contributed by atoms with Gasteiger partial charge in [0.05, 0.1) is 5.70 Å². The highest BCUT2D eigenvalue weighted by atomic mass is 32.1. The van der Waals surface area contributed by atoms with E-state index in [-0.39, 0.29) is 0 Å². The van der Waals surface area contributed by atoms with Crippen molar-refractivity contribution in [3.8, 4) is 0 Å². The van der Waals surface area contributed by atoms with Crippen molar-refractivity contribution in [2.24, 2.45) is 0 Å². The van der Waals surface area contributed by atoms with Gasteiger partial charge in [-0.15, -0.1) is 11.3 Å². The molecule has 0 aliphatic carbocycles. The lowest BCUT2D eigenvalue weighted by Crippen LogP contribution is -2.43. The Labute approximate surface area is 107 Å². The Morgan fingerprint density at radius 1 is 1.41 bits per heavy atom. The van der Waals surface area contributed by atoms with E-state index in [1.807, 2.05) is 23.6 Å². The van der Waals surface area contributed by atoms with Gasteiger partial charge in [-0.1, -0.05) is 6.07 Å². The Morgan fingerprint density at radius 3 is 2.65 bits per heavy atom. The van der Waals surface area contributed by atoms with Gasteiger partial charge in [-0.25, -0.2) is 0 Å². The van der Waals surface area contributed by atoms with Crippen molar-refractivity contribution in [1.29, 1.82) is 0 Å². The molecular formula is C14H19NOS. The van der Waals surface area contributed by atoms with E-state index in [4.69, 9.17) is 0 Å². The van der Waals surface area contributed by atoms with E-state index >= 15 is 0 Å². The number of hydrogen-bond acceptors (Lipinski definition) is 3. The molecule has 1 aromatic rings. The third-order valence-corrected chi connectivity index (χ3v) is 4.27. The number of rotatable bonds is 3. The molecule has 92 valence electrons. The van der Waals surface area contributed by atoms with Gasteiger partial charge in [0, 0.05) is 17.0 Å². The second kappa shape index (κ2) is 5.50. The van der Waals surface area contributed by atoms with Gasteiger partial charge in [0.2, 0.25) is 0 Å². The molecule has 0 amide bonds. The number of likely N-dealkylation sites (tertiary alicyclic amines) is 1. The van der Waals surface area contributed by atoms with Gasteiger partial charge >= 0.3 is 0 Å². The van der Waals surface area contributed by atoms with Crippen LogP contribution in [-0.4, -0.2) is 23.3 Å². The van der Waals surface area contributed by atoms with Gasteiger partial charge in [-0.05, 0) is 50.6 Å². The first-order valence-electron chi connectivity index (χ1n) is 6.21. The van der Waals surface area contributed by atoms with Gasteiger partial charge in [0.15, 0.2) is 6.29 Å². The monoisotopic (exact) mass is 249 g/mol. The van der Waals surface area contributed by atoms with Crippen LogP contribution in [0.15, 0.2) is 23.2 Å². The Hall–Kier alpha value is -1.09. The zero-order chi connectivity index (χ0) is 12.3. The summed E-state index contributed by atoms with van der Waals surface area (Å²) in [5, 5.41) is 2.04. The fourth-order valence-electron chi connectivity index (χ4n) is 2.62. The van der Waals surface area contributed by atoms with Crippen LogP contribution in [-0.2, 0) is 4.79 Å². The van der Waals surface area contributed by atoms with Gasteiger partial charge in [0.25, 0.3) is 0 Å². The lowest BCUT2D eigenvalue weighted by atomic mass is 9.96. The molecule has 17 heavy (non-hydrogen) atoms. The molecule has 3 heteroatoms. The van der Waals surface area contributed by atoms with E-state index < -0.39 is 0 Å². The summed E-state index contributed by atoms with van der Waals surface area (Å²) in [5.41, 5.74) is 0.826. The quantitative estimate of drug-likeness (QED) is 0.603. The van der Waals surface area contributed by atoms with Crippen LogP contribution in [0.2, 0.25) is 0 Å². The van der Waals surface area contributed by atoms with Gasteiger partial charge in [-0.2, -0.15) is 0 Å². The van der Waals surface area contributed by atoms with Crippen LogP contribution >= 0.6 is 11.3 Å². The largest absolute Gasteiger partial charge is 0.363 e. The zero-order valence-corrected chi connectivity index (χ0v) is 11.2. The lowest BCUT2D eigenvalue weighted by Gasteiger charge is -2.40. The molecule has 2 atom stereocenters. The summed E-state index contributed by atoms with van der Waals surface area (Å²) < 4.78 is 0. The number of piperidine rings is 1. The lowest BCUT2D eigenvalue weighted by molar-refractivity contribution is -0.106. The first-order chi connectivity index (χ1) is 8.22. The summed E-state index contributed by atoms with van der Waals surface area (Å²) in [6.45, 7) is 4.42. The summed E-state index contributed by atoms with van der Waals surface area (Å²) in [6, 6.07) is 5.00. The first-order valence-corrected chi connectivity index (χ1v) is 7.09. The number of thiophene rings is 1. The summed E-state index contributed by atoms with van der Waals surface area (Å²) in [7, 11) is 0. The molecule has 0 spiro atoms. The molecule has 2 rings (SSSR count). The highest BCUT2D eigenvalue weighted by Gasteiger charge is 2.26. The fraction of sp³-hybridized carbons (Fsp3) is 0.500. The van der Waals surface area contributed by atoms with Crippen molar-refractivity contribution in [3.63, 3.8) is 0 Å². The van der Waals surface area contributed by atoms with Crippen molar-refractivity contribution in [2.45, 2.75) is 45.2 Å². The van der Waals surface area contributed by atoms with Crippen molar-refractivity contribution in [3.05, 3.63) is 28.1 Å². The molecule has 1 aliphatic rings. The Bertz CT molecular complexity index is 386. The molecule has 0 bridgehead atoms. The van der Waals surface area contributed by atoms with Crippen LogP contribution in [0, 0.1) is 0 Å². The highest BCUT2D eigenvalue weighted by molar-refractivity contribution is 7.10. The van der Waals surface area contributed by atoms with Gasteiger partial charge in [0.1, 0.15) is 0 Å². The third kappa shape index (κ3) is 2.78. The van der Waals surface area contributed by atoms with E-state index in [9.17, 15) is 4.79 Å². The fourth-order valence-corrected chi connectivity index (χ4v) is 3.28.